The molecule has 2 N–H and O–H groups in total. The lowest BCUT2D eigenvalue weighted by Crippen LogP contribution is -2.03. The highest BCUT2D eigenvalue weighted by Crippen LogP contribution is 2.33. The van der Waals surface area contributed by atoms with Crippen LogP contribution in [0, 0.1) is 13.8 Å². The van der Waals surface area contributed by atoms with E-state index in [0.717, 1.165) is 33.8 Å². The molecule has 0 unspecified atom stereocenters. The maximum absolute atomic E-state index is 12.1. The molecule has 0 spiro atoms. The quantitative estimate of drug-likeness (QED) is 0.797. The summed E-state index contributed by atoms with van der Waals surface area (Å²) in [5.41, 5.74) is 6.75. The molecule has 3 nitrogen and oxygen atoms in total. The fourth-order valence-corrected chi connectivity index (χ4v) is 2.67. The van der Waals surface area contributed by atoms with Crippen molar-refractivity contribution in [3.63, 3.8) is 0 Å². The summed E-state index contributed by atoms with van der Waals surface area (Å²) in [6.45, 7) is 7.87. The Morgan fingerprint density at radius 1 is 1.20 bits per heavy atom. The summed E-state index contributed by atoms with van der Waals surface area (Å²) in [6.07, 6.45) is 3.75. The number of rotatable bonds is 2. The van der Waals surface area contributed by atoms with Crippen molar-refractivity contribution in [2.75, 3.05) is 5.32 Å². The van der Waals surface area contributed by atoms with Crippen LogP contribution in [-0.4, -0.2) is 10.9 Å². The van der Waals surface area contributed by atoms with Gasteiger partial charge in [-0.25, -0.2) is 0 Å². The van der Waals surface area contributed by atoms with Crippen LogP contribution in [0.5, 0.6) is 0 Å². The Morgan fingerprint density at radius 2 is 1.95 bits per heavy atom. The van der Waals surface area contributed by atoms with Crippen LogP contribution in [0.25, 0.3) is 17.7 Å². The summed E-state index contributed by atoms with van der Waals surface area (Å²) < 4.78 is 0. The molecule has 3 heteroatoms. The highest BCUT2D eigenvalue weighted by molar-refractivity contribution is 6.34. The molecular weight excluding hydrogens is 248 g/mol. The molecule has 1 aromatic carbocycles. The van der Waals surface area contributed by atoms with E-state index in [2.05, 4.69) is 16.9 Å². The predicted molar refractivity (Wildman–Crippen MR) is 83.3 cm³/mol. The molecule has 0 fully saturated rings. The first-order chi connectivity index (χ1) is 9.61. The van der Waals surface area contributed by atoms with Crippen molar-refractivity contribution < 1.29 is 4.79 Å². The molecule has 2 aromatic rings. The van der Waals surface area contributed by atoms with Crippen LogP contribution in [0.3, 0.4) is 0 Å². The number of H-pyrrole nitrogens is 1. The van der Waals surface area contributed by atoms with Crippen molar-refractivity contribution in [1.29, 1.82) is 0 Å². The minimum absolute atomic E-state index is 0.0574. The number of aromatic amines is 1. The van der Waals surface area contributed by atoms with E-state index in [-0.39, 0.29) is 5.91 Å². The van der Waals surface area contributed by atoms with E-state index in [1.165, 1.54) is 0 Å². The third-order valence-corrected chi connectivity index (χ3v) is 3.74. The number of carbonyl (C=O) groups excluding carboxylic acids is 1. The van der Waals surface area contributed by atoms with Gasteiger partial charge >= 0.3 is 0 Å². The number of aromatic nitrogens is 1. The first-order valence-corrected chi connectivity index (χ1v) is 6.56. The third-order valence-electron chi connectivity index (χ3n) is 3.74. The van der Waals surface area contributed by atoms with E-state index in [1.807, 2.05) is 50.3 Å². The van der Waals surface area contributed by atoms with Gasteiger partial charge in [-0.05, 0) is 37.1 Å². The lowest BCUT2D eigenvalue weighted by atomic mass is 10.0. The normalized spacial score (nSPS) is 15.3. The Bertz CT molecular complexity index is 750. The SMILES string of the molecule is C=Cc1c(C)[nH]c(/C=C2\C(=O)Nc3ccccc32)c1C. The lowest BCUT2D eigenvalue weighted by Gasteiger charge is -1.98. The first kappa shape index (κ1) is 12.5. The van der Waals surface area contributed by atoms with Crippen molar-refractivity contribution in [3.8, 4) is 0 Å². The zero-order chi connectivity index (χ0) is 14.3. The summed E-state index contributed by atoms with van der Waals surface area (Å²) in [4.78, 5) is 15.4. The number of nitrogens with one attached hydrogen (secondary N) is 2. The molecule has 0 bridgehead atoms. The van der Waals surface area contributed by atoms with Gasteiger partial charge in [-0.3, -0.25) is 4.79 Å². The molecule has 1 aliphatic heterocycles. The number of aryl methyl sites for hydroxylation is 1. The number of amides is 1. The molecule has 2 heterocycles. The second-order valence-electron chi connectivity index (χ2n) is 4.96. The summed E-state index contributed by atoms with van der Waals surface area (Å²) >= 11 is 0. The van der Waals surface area contributed by atoms with E-state index in [4.69, 9.17) is 0 Å². The van der Waals surface area contributed by atoms with Gasteiger partial charge in [0.15, 0.2) is 0 Å². The van der Waals surface area contributed by atoms with Gasteiger partial charge in [-0.1, -0.05) is 30.9 Å². The molecule has 1 aromatic heterocycles. The summed E-state index contributed by atoms with van der Waals surface area (Å²) in [7, 11) is 0. The van der Waals surface area contributed by atoms with Crippen LogP contribution >= 0.6 is 0 Å². The molecule has 0 aliphatic carbocycles. The number of benzene rings is 1. The van der Waals surface area contributed by atoms with E-state index in [0.29, 0.717) is 5.57 Å². The molecule has 1 aliphatic rings. The molecule has 0 saturated carbocycles. The van der Waals surface area contributed by atoms with E-state index in [1.54, 1.807) is 0 Å². The molecular formula is C17H16N2O. The standard InChI is InChI=1S/C17H16N2O/c1-4-12-10(2)16(18-11(12)3)9-14-13-7-5-6-8-15(13)19-17(14)20/h4-9,18H,1H2,2-3H3,(H,19,20)/b14-9-. The highest BCUT2D eigenvalue weighted by atomic mass is 16.2. The average Bonchev–Trinajstić information content (AvgIpc) is 2.88. The Morgan fingerprint density at radius 3 is 2.65 bits per heavy atom. The highest BCUT2D eigenvalue weighted by Gasteiger charge is 2.24. The minimum Gasteiger partial charge on any atom is -0.358 e. The van der Waals surface area contributed by atoms with E-state index >= 15 is 0 Å². The van der Waals surface area contributed by atoms with Gasteiger partial charge < -0.3 is 10.3 Å². The van der Waals surface area contributed by atoms with Crippen molar-refractivity contribution in [3.05, 3.63) is 58.9 Å². The average molecular weight is 264 g/mol. The fourth-order valence-electron chi connectivity index (χ4n) is 2.67. The van der Waals surface area contributed by atoms with Gasteiger partial charge in [0, 0.05) is 22.6 Å². The molecule has 1 amide bonds. The second kappa shape index (κ2) is 4.53. The number of hydrogen-bond acceptors (Lipinski definition) is 1. The number of hydrogen-bond donors (Lipinski definition) is 2. The van der Waals surface area contributed by atoms with Crippen LogP contribution in [-0.2, 0) is 4.79 Å². The summed E-state index contributed by atoms with van der Waals surface area (Å²) in [6, 6.07) is 7.73. The Kier molecular flexibility index (Phi) is 2.83. The van der Waals surface area contributed by atoms with Crippen LogP contribution in [0.2, 0.25) is 0 Å². The van der Waals surface area contributed by atoms with Crippen LogP contribution in [0.15, 0.2) is 30.8 Å². The third kappa shape index (κ3) is 1.79. The maximum Gasteiger partial charge on any atom is 0.256 e. The van der Waals surface area contributed by atoms with Crippen molar-refractivity contribution in [2.24, 2.45) is 0 Å². The Hall–Kier alpha value is -2.55. The second-order valence-corrected chi connectivity index (χ2v) is 4.96. The van der Waals surface area contributed by atoms with Gasteiger partial charge in [0.1, 0.15) is 0 Å². The van der Waals surface area contributed by atoms with Crippen molar-refractivity contribution in [1.82, 2.24) is 4.98 Å². The Labute approximate surface area is 118 Å². The zero-order valence-corrected chi connectivity index (χ0v) is 11.6. The van der Waals surface area contributed by atoms with Gasteiger partial charge in [0.2, 0.25) is 0 Å². The number of para-hydroxylation sites is 1. The van der Waals surface area contributed by atoms with Crippen LogP contribution < -0.4 is 5.32 Å². The van der Waals surface area contributed by atoms with Gasteiger partial charge in [-0.2, -0.15) is 0 Å². The molecule has 100 valence electrons. The van der Waals surface area contributed by atoms with Crippen molar-refractivity contribution in [2.45, 2.75) is 13.8 Å². The maximum atomic E-state index is 12.1. The van der Waals surface area contributed by atoms with Gasteiger partial charge in [0.25, 0.3) is 5.91 Å². The Balaban J connectivity index is 2.14. The predicted octanol–water partition coefficient (Wildman–Crippen LogP) is 3.77. The van der Waals surface area contributed by atoms with Crippen molar-refractivity contribution >= 4 is 29.3 Å². The van der Waals surface area contributed by atoms with Gasteiger partial charge in [-0.15, -0.1) is 0 Å². The monoisotopic (exact) mass is 264 g/mol. The first-order valence-electron chi connectivity index (χ1n) is 6.56. The van der Waals surface area contributed by atoms with Crippen LogP contribution in [0.4, 0.5) is 5.69 Å². The molecule has 0 atom stereocenters. The van der Waals surface area contributed by atoms with E-state index < -0.39 is 0 Å². The number of anilines is 1. The van der Waals surface area contributed by atoms with E-state index in [9.17, 15) is 4.79 Å². The minimum atomic E-state index is -0.0574. The molecule has 0 radical (unpaired) electrons. The lowest BCUT2D eigenvalue weighted by molar-refractivity contribution is -0.110. The molecule has 3 rings (SSSR count). The number of fused-ring (bicyclic) bond motifs is 1. The largest absolute Gasteiger partial charge is 0.358 e. The summed E-state index contributed by atoms with van der Waals surface area (Å²) in [5.74, 6) is -0.0574. The summed E-state index contributed by atoms with van der Waals surface area (Å²) in [5, 5.41) is 2.88. The van der Waals surface area contributed by atoms with Gasteiger partial charge in [0.05, 0.1) is 5.57 Å². The molecule has 20 heavy (non-hydrogen) atoms. The zero-order valence-electron chi connectivity index (χ0n) is 11.6. The fraction of sp³-hybridized carbons (Fsp3) is 0.118. The number of carbonyl (C=O) groups is 1. The smallest absolute Gasteiger partial charge is 0.256 e. The van der Waals surface area contributed by atoms with Crippen LogP contribution in [0.1, 0.15) is 28.1 Å². The molecule has 0 saturated heterocycles. The topological polar surface area (TPSA) is 44.9 Å².